The summed E-state index contributed by atoms with van der Waals surface area (Å²) in [6, 6.07) is 13.4. The first kappa shape index (κ1) is 19.1. The van der Waals surface area contributed by atoms with E-state index in [9.17, 15) is 0 Å². The Kier molecular flexibility index (Phi) is 6.26. The van der Waals surface area contributed by atoms with E-state index in [2.05, 4.69) is 26.8 Å². The predicted molar refractivity (Wildman–Crippen MR) is 105 cm³/mol. The van der Waals surface area contributed by atoms with Crippen molar-refractivity contribution in [3.8, 4) is 17.2 Å². The molecule has 0 saturated carbocycles. The van der Waals surface area contributed by atoms with Gasteiger partial charge in [0.25, 0.3) is 0 Å². The molecule has 0 atom stereocenters. The third-order valence-corrected chi connectivity index (χ3v) is 3.98. The second-order valence-corrected chi connectivity index (χ2v) is 7.11. The first-order valence-corrected chi connectivity index (χ1v) is 8.56. The van der Waals surface area contributed by atoms with Gasteiger partial charge in [-0.05, 0) is 35.2 Å². The average Bonchev–Trinajstić information content (AvgIpc) is 2.58. The average molecular weight is 359 g/mol. The zero-order valence-electron chi connectivity index (χ0n) is 15.2. The molecule has 0 aliphatic carbocycles. The molecule has 0 unspecified atom stereocenters. The Balaban J connectivity index is 2.01. The zero-order valence-corrected chi connectivity index (χ0v) is 16.0. The van der Waals surface area contributed by atoms with E-state index in [4.69, 9.17) is 32.2 Å². The molecule has 25 heavy (non-hydrogen) atoms. The van der Waals surface area contributed by atoms with Crippen LogP contribution in [0.2, 0.25) is 0 Å². The molecule has 0 aliphatic rings. The molecule has 0 amide bonds. The van der Waals surface area contributed by atoms with E-state index in [1.165, 1.54) is 5.56 Å². The lowest BCUT2D eigenvalue weighted by Gasteiger charge is -2.22. The van der Waals surface area contributed by atoms with E-state index in [0.717, 1.165) is 11.3 Å². The molecule has 0 fully saturated rings. The van der Waals surface area contributed by atoms with Gasteiger partial charge in [0.1, 0.15) is 24.0 Å². The summed E-state index contributed by atoms with van der Waals surface area (Å²) < 4.78 is 17.0. The number of hydrogen-bond acceptors (Lipinski definition) is 4. The first-order valence-electron chi connectivity index (χ1n) is 8.16. The molecule has 5 heteroatoms. The maximum Gasteiger partial charge on any atom is 0.162 e. The van der Waals surface area contributed by atoms with Crippen molar-refractivity contribution in [1.82, 2.24) is 0 Å². The molecule has 0 spiro atoms. The molecule has 0 aromatic heterocycles. The standard InChI is InChI=1S/C20H25NO3S/c1-20(2,3)15-7-5-6-8-16(15)23-11-12-24-18-13-14(19(21)25)9-10-17(18)22-4/h5-10,13H,11-12H2,1-4H3,(H2,21,25). The van der Waals surface area contributed by atoms with Crippen LogP contribution in [0, 0.1) is 0 Å². The fourth-order valence-electron chi connectivity index (χ4n) is 2.46. The summed E-state index contributed by atoms with van der Waals surface area (Å²) in [5.41, 5.74) is 7.60. The van der Waals surface area contributed by atoms with Gasteiger partial charge >= 0.3 is 0 Å². The van der Waals surface area contributed by atoms with E-state index in [0.29, 0.717) is 29.7 Å². The van der Waals surface area contributed by atoms with Crippen LogP contribution < -0.4 is 19.9 Å². The molecule has 0 heterocycles. The fraction of sp³-hybridized carbons (Fsp3) is 0.350. The van der Waals surface area contributed by atoms with Crippen LogP contribution in [0.3, 0.4) is 0 Å². The SMILES string of the molecule is COc1ccc(C(N)=S)cc1OCCOc1ccccc1C(C)(C)C. The van der Waals surface area contributed by atoms with Crippen molar-refractivity contribution in [3.63, 3.8) is 0 Å². The molecule has 0 saturated heterocycles. The minimum Gasteiger partial charge on any atom is -0.493 e. The van der Waals surface area contributed by atoms with Gasteiger partial charge < -0.3 is 19.9 Å². The van der Waals surface area contributed by atoms with E-state index in [1.54, 1.807) is 19.2 Å². The van der Waals surface area contributed by atoms with Gasteiger partial charge in [-0.2, -0.15) is 0 Å². The highest BCUT2D eigenvalue weighted by Gasteiger charge is 2.18. The summed E-state index contributed by atoms with van der Waals surface area (Å²) in [6.45, 7) is 7.30. The minimum atomic E-state index is 0.0197. The van der Waals surface area contributed by atoms with E-state index in [1.807, 2.05) is 24.3 Å². The summed E-state index contributed by atoms with van der Waals surface area (Å²) in [5, 5.41) is 0. The number of methoxy groups -OCH3 is 1. The van der Waals surface area contributed by atoms with Crippen molar-refractivity contribution in [1.29, 1.82) is 0 Å². The molecule has 2 rings (SSSR count). The van der Waals surface area contributed by atoms with Gasteiger partial charge in [0.2, 0.25) is 0 Å². The summed E-state index contributed by atoms with van der Waals surface area (Å²) in [6.07, 6.45) is 0. The highest BCUT2D eigenvalue weighted by Crippen LogP contribution is 2.31. The van der Waals surface area contributed by atoms with E-state index in [-0.39, 0.29) is 5.41 Å². The van der Waals surface area contributed by atoms with E-state index < -0.39 is 0 Å². The zero-order chi connectivity index (χ0) is 18.4. The fourth-order valence-corrected chi connectivity index (χ4v) is 2.59. The van der Waals surface area contributed by atoms with Gasteiger partial charge in [0, 0.05) is 5.56 Å². The monoisotopic (exact) mass is 359 g/mol. The number of hydrogen-bond donors (Lipinski definition) is 1. The molecule has 0 radical (unpaired) electrons. The van der Waals surface area contributed by atoms with Crippen LogP contribution in [0.4, 0.5) is 0 Å². The number of thiocarbonyl (C=S) groups is 1. The summed E-state index contributed by atoms with van der Waals surface area (Å²) in [7, 11) is 1.60. The maximum absolute atomic E-state index is 5.92. The maximum atomic E-state index is 5.92. The lowest BCUT2D eigenvalue weighted by Crippen LogP contribution is -2.16. The van der Waals surface area contributed by atoms with Crippen LogP contribution in [-0.4, -0.2) is 25.3 Å². The third kappa shape index (κ3) is 5.10. The van der Waals surface area contributed by atoms with Crippen molar-refractivity contribution in [3.05, 3.63) is 53.6 Å². The van der Waals surface area contributed by atoms with Crippen molar-refractivity contribution < 1.29 is 14.2 Å². The van der Waals surface area contributed by atoms with Gasteiger partial charge in [-0.25, -0.2) is 0 Å². The minimum absolute atomic E-state index is 0.0197. The van der Waals surface area contributed by atoms with Crippen molar-refractivity contribution in [2.45, 2.75) is 26.2 Å². The largest absolute Gasteiger partial charge is 0.493 e. The van der Waals surface area contributed by atoms with Gasteiger partial charge in [-0.1, -0.05) is 51.2 Å². The van der Waals surface area contributed by atoms with Gasteiger partial charge in [-0.15, -0.1) is 0 Å². The Morgan fingerprint density at radius 1 is 0.960 bits per heavy atom. The molecule has 2 aromatic rings. The molecular weight excluding hydrogens is 334 g/mol. The van der Waals surface area contributed by atoms with Crippen LogP contribution in [0.5, 0.6) is 17.2 Å². The van der Waals surface area contributed by atoms with E-state index >= 15 is 0 Å². The Morgan fingerprint density at radius 3 is 2.20 bits per heavy atom. The van der Waals surface area contributed by atoms with Crippen LogP contribution in [0.15, 0.2) is 42.5 Å². The molecule has 134 valence electrons. The number of rotatable bonds is 7. The number of ether oxygens (including phenoxy) is 3. The van der Waals surface area contributed by atoms with Crippen molar-refractivity contribution in [2.24, 2.45) is 5.73 Å². The molecule has 4 nitrogen and oxygen atoms in total. The summed E-state index contributed by atoms with van der Waals surface area (Å²) in [4.78, 5) is 0.322. The highest BCUT2D eigenvalue weighted by molar-refractivity contribution is 7.80. The normalized spacial score (nSPS) is 11.0. The van der Waals surface area contributed by atoms with Crippen LogP contribution >= 0.6 is 12.2 Å². The Morgan fingerprint density at radius 2 is 1.60 bits per heavy atom. The van der Waals surface area contributed by atoms with Crippen molar-refractivity contribution in [2.75, 3.05) is 20.3 Å². The molecule has 2 N–H and O–H groups in total. The summed E-state index contributed by atoms with van der Waals surface area (Å²) >= 11 is 5.01. The Hall–Kier alpha value is -2.27. The topological polar surface area (TPSA) is 53.7 Å². The Labute approximate surface area is 154 Å². The van der Waals surface area contributed by atoms with Gasteiger partial charge in [0.15, 0.2) is 11.5 Å². The molecule has 0 bridgehead atoms. The van der Waals surface area contributed by atoms with Crippen molar-refractivity contribution >= 4 is 17.2 Å². The quantitative estimate of drug-likeness (QED) is 0.596. The first-order chi connectivity index (χ1) is 11.8. The molecule has 0 aliphatic heterocycles. The van der Waals surface area contributed by atoms with Gasteiger partial charge in [0.05, 0.1) is 7.11 Å². The lowest BCUT2D eigenvalue weighted by molar-refractivity contribution is 0.208. The predicted octanol–water partition coefficient (Wildman–Crippen LogP) is 4.08. The van der Waals surface area contributed by atoms with Crippen LogP contribution in [0.25, 0.3) is 0 Å². The highest BCUT2D eigenvalue weighted by atomic mass is 32.1. The number of benzene rings is 2. The molecular formula is C20H25NO3S. The lowest BCUT2D eigenvalue weighted by atomic mass is 9.86. The van der Waals surface area contributed by atoms with Crippen LogP contribution in [-0.2, 0) is 5.41 Å². The smallest absolute Gasteiger partial charge is 0.162 e. The number of nitrogens with two attached hydrogens (primary N) is 1. The van der Waals surface area contributed by atoms with Crippen LogP contribution in [0.1, 0.15) is 31.9 Å². The molecule has 2 aromatic carbocycles. The third-order valence-electron chi connectivity index (χ3n) is 3.74. The summed E-state index contributed by atoms with van der Waals surface area (Å²) in [5.74, 6) is 2.11. The second-order valence-electron chi connectivity index (χ2n) is 6.67. The number of para-hydroxylation sites is 1. The van der Waals surface area contributed by atoms with Gasteiger partial charge in [-0.3, -0.25) is 0 Å². The second kappa shape index (κ2) is 8.21. The Bertz CT molecular complexity index is 738.